The van der Waals surface area contributed by atoms with E-state index >= 15 is 0 Å². The van der Waals surface area contributed by atoms with E-state index in [1.54, 1.807) is 24.3 Å². The highest BCUT2D eigenvalue weighted by atomic mass is 32.2. The Morgan fingerprint density at radius 3 is 2.75 bits per heavy atom. The lowest BCUT2D eigenvalue weighted by molar-refractivity contribution is -0.000805. The van der Waals surface area contributed by atoms with Crippen molar-refractivity contribution in [3.63, 3.8) is 0 Å². The van der Waals surface area contributed by atoms with Gasteiger partial charge >= 0.3 is 0 Å². The lowest BCUT2D eigenvalue weighted by atomic mass is 9.79. The quantitative estimate of drug-likeness (QED) is 0.896. The van der Waals surface area contributed by atoms with Crippen LogP contribution < -0.4 is 5.32 Å². The minimum Gasteiger partial charge on any atom is -0.388 e. The zero-order valence-corrected chi connectivity index (χ0v) is 12.9. The number of rotatable bonds is 4. The van der Waals surface area contributed by atoms with Crippen LogP contribution in [0, 0.1) is 5.92 Å². The van der Waals surface area contributed by atoms with Crippen molar-refractivity contribution < 1.29 is 13.5 Å². The molecular formula is C15H23NO3S. The summed E-state index contributed by atoms with van der Waals surface area (Å²) in [6.07, 6.45) is 4.91. The van der Waals surface area contributed by atoms with Crippen molar-refractivity contribution in [2.75, 3.05) is 18.1 Å². The van der Waals surface area contributed by atoms with Gasteiger partial charge in [0.05, 0.1) is 16.2 Å². The fraction of sp³-hybridized carbons (Fsp3) is 0.600. The van der Waals surface area contributed by atoms with Crippen LogP contribution in [0.2, 0.25) is 0 Å². The molecule has 0 saturated heterocycles. The molecule has 0 bridgehead atoms. The lowest BCUT2D eigenvalue weighted by Crippen LogP contribution is -2.41. The van der Waals surface area contributed by atoms with Crippen LogP contribution in [0.4, 0.5) is 5.69 Å². The number of sulfone groups is 1. The monoisotopic (exact) mass is 297 g/mol. The molecule has 0 aliphatic heterocycles. The first kappa shape index (κ1) is 15.3. The average molecular weight is 297 g/mol. The van der Waals surface area contributed by atoms with E-state index in [0.717, 1.165) is 25.7 Å². The van der Waals surface area contributed by atoms with Crippen LogP contribution >= 0.6 is 0 Å². The van der Waals surface area contributed by atoms with Crippen LogP contribution in [0.3, 0.4) is 0 Å². The summed E-state index contributed by atoms with van der Waals surface area (Å²) >= 11 is 0. The second kappa shape index (κ2) is 5.74. The Hall–Kier alpha value is -1.07. The van der Waals surface area contributed by atoms with Crippen molar-refractivity contribution in [2.45, 2.75) is 43.1 Å². The van der Waals surface area contributed by atoms with Gasteiger partial charge < -0.3 is 10.4 Å². The summed E-state index contributed by atoms with van der Waals surface area (Å²) in [5.41, 5.74) is -0.163. The van der Waals surface area contributed by atoms with Crippen molar-refractivity contribution in [3.8, 4) is 0 Å². The third kappa shape index (κ3) is 3.73. The molecule has 20 heavy (non-hydrogen) atoms. The Kier molecular flexibility index (Phi) is 4.39. The van der Waals surface area contributed by atoms with Gasteiger partial charge in [0.15, 0.2) is 9.84 Å². The van der Waals surface area contributed by atoms with Gasteiger partial charge in [-0.2, -0.15) is 0 Å². The highest BCUT2D eigenvalue weighted by molar-refractivity contribution is 7.90. The minimum atomic E-state index is -3.26. The Labute approximate surface area is 121 Å². The molecule has 1 aliphatic carbocycles. The van der Waals surface area contributed by atoms with Gasteiger partial charge in [-0.15, -0.1) is 0 Å². The first-order chi connectivity index (χ1) is 9.30. The van der Waals surface area contributed by atoms with Crippen molar-refractivity contribution in [1.29, 1.82) is 0 Å². The van der Waals surface area contributed by atoms with Gasteiger partial charge in [-0.05, 0) is 30.9 Å². The SMILES string of the molecule is CC1CCCC(O)(CNc2ccccc2S(C)(=O)=O)C1. The van der Waals surface area contributed by atoms with Crippen LogP contribution in [0.1, 0.15) is 32.6 Å². The van der Waals surface area contributed by atoms with Crippen molar-refractivity contribution in [2.24, 2.45) is 5.92 Å². The molecule has 1 fully saturated rings. The molecule has 112 valence electrons. The minimum absolute atomic E-state index is 0.285. The molecule has 5 heteroatoms. The maximum absolute atomic E-state index is 11.7. The Bertz CT molecular complexity index is 570. The molecule has 1 aromatic rings. The van der Waals surface area contributed by atoms with E-state index in [2.05, 4.69) is 12.2 Å². The zero-order valence-electron chi connectivity index (χ0n) is 12.1. The normalized spacial score (nSPS) is 27.2. The van der Waals surface area contributed by atoms with E-state index in [1.807, 2.05) is 0 Å². The molecule has 1 aliphatic rings. The third-order valence-corrected chi connectivity index (χ3v) is 5.12. The predicted octanol–water partition coefficient (Wildman–Crippen LogP) is 2.44. The molecule has 2 N–H and O–H groups in total. The van der Waals surface area contributed by atoms with Gasteiger partial charge in [0.25, 0.3) is 0 Å². The molecule has 0 amide bonds. The smallest absolute Gasteiger partial charge is 0.177 e. The fourth-order valence-electron chi connectivity index (χ4n) is 2.99. The first-order valence-corrected chi connectivity index (χ1v) is 8.95. The molecule has 0 radical (unpaired) electrons. The van der Waals surface area contributed by atoms with Crippen LogP contribution in [0.5, 0.6) is 0 Å². The fourth-order valence-corrected chi connectivity index (χ4v) is 3.85. The summed E-state index contributed by atoms with van der Waals surface area (Å²) in [6.45, 7) is 2.54. The van der Waals surface area contributed by atoms with E-state index in [0.29, 0.717) is 18.2 Å². The second-order valence-corrected chi connectivity index (χ2v) is 8.03. The van der Waals surface area contributed by atoms with E-state index in [9.17, 15) is 13.5 Å². The van der Waals surface area contributed by atoms with Crippen LogP contribution in [0.15, 0.2) is 29.2 Å². The largest absolute Gasteiger partial charge is 0.388 e. The van der Waals surface area contributed by atoms with Gasteiger partial charge in [0, 0.05) is 12.8 Å². The molecular weight excluding hydrogens is 274 g/mol. The molecule has 2 rings (SSSR count). The van der Waals surface area contributed by atoms with Crippen molar-refractivity contribution >= 4 is 15.5 Å². The lowest BCUT2D eigenvalue weighted by Gasteiger charge is -2.36. The standard InChI is InChI=1S/C15H23NO3S/c1-12-6-5-9-15(17,10-12)11-16-13-7-3-4-8-14(13)20(2,18)19/h3-4,7-8,12,16-17H,5-6,9-11H2,1-2H3. The summed E-state index contributed by atoms with van der Waals surface area (Å²) in [5, 5.41) is 13.7. The molecule has 1 saturated carbocycles. The van der Waals surface area contributed by atoms with E-state index in [-0.39, 0.29) is 4.90 Å². The van der Waals surface area contributed by atoms with Gasteiger partial charge in [-0.1, -0.05) is 31.9 Å². The van der Waals surface area contributed by atoms with E-state index in [1.165, 1.54) is 6.26 Å². The molecule has 2 unspecified atom stereocenters. The number of benzene rings is 1. The molecule has 2 atom stereocenters. The van der Waals surface area contributed by atoms with Crippen molar-refractivity contribution in [1.82, 2.24) is 0 Å². The Morgan fingerprint density at radius 2 is 2.10 bits per heavy atom. The summed E-state index contributed by atoms with van der Waals surface area (Å²) in [4.78, 5) is 0.285. The van der Waals surface area contributed by atoms with Gasteiger partial charge in [0.1, 0.15) is 0 Å². The number of hydrogen-bond acceptors (Lipinski definition) is 4. The molecule has 4 nitrogen and oxygen atoms in total. The molecule has 0 aromatic heterocycles. The maximum Gasteiger partial charge on any atom is 0.177 e. The van der Waals surface area contributed by atoms with Crippen LogP contribution in [-0.4, -0.2) is 31.9 Å². The first-order valence-electron chi connectivity index (χ1n) is 7.05. The molecule has 0 heterocycles. The van der Waals surface area contributed by atoms with Gasteiger partial charge in [0.2, 0.25) is 0 Å². The molecule has 1 aromatic carbocycles. The number of hydrogen-bond donors (Lipinski definition) is 2. The number of anilines is 1. The molecule has 0 spiro atoms. The number of nitrogens with one attached hydrogen (secondary N) is 1. The van der Waals surface area contributed by atoms with Gasteiger partial charge in [-0.25, -0.2) is 8.42 Å². The summed E-state index contributed by atoms with van der Waals surface area (Å²) < 4.78 is 23.5. The maximum atomic E-state index is 11.7. The predicted molar refractivity (Wildman–Crippen MR) is 80.6 cm³/mol. The number of aliphatic hydroxyl groups is 1. The Morgan fingerprint density at radius 1 is 1.40 bits per heavy atom. The zero-order chi connectivity index (χ0) is 14.8. The summed E-state index contributed by atoms with van der Waals surface area (Å²) in [5.74, 6) is 0.515. The third-order valence-electron chi connectivity index (χ3n) is 3.96. The summed E-state index contributed by atoms with van der Waals surface area (Å²) in [7, 11) is -3.26. The summed E-state index contributed by atoms with van der Waals surface area (Å²) in [6, 6.07) is 6.83. The average Bonchev–Trinajstić information content (AvgIpc) is 2.35. The Balaban J connectivity index is 2.12. The van der Waals surface area contributed by atoms with Crippen molar-refractivity contribution in [3.05, 3.63) is 24.3 Å². The highest BCUT2D eigenvalue weighted by Crippen LogP contribution is 2.33. The van der Waals surface area contributed by atoms with E-state index in [4.69, 9.17) is 0 Å². The topological polar surface area (TPSA) is 66.4 Å². The van der Waals surface area contributed by atoms with Crippen LogP contribution in [-0.2, 0) is 9.84 Å². The second-order valence-electron chi connectivity index (χ2n) is 6.05. The van der Waals surface area contributed by atoms with Gasteiger partial charge in [-0.3, -0.25) is 0 Å². The van der Waals surface area contributed by atoms with Crippen LogP contribution in [0.25, 0.3) is 0 Å². The number of para-hydroxylation sites is 1. The highest BCUT2D eigenvalue weighted by Gasteiger charge is 2.32. The van der Waals surface area contributed by atoms with E-state index < -0.39 is 15.4 Å².